The number of ether oxygens (including phenoxy) is 1. The number of carbonyl (C=O) groups is 2. The van der Waals surface area contributed by atoms with Gasteiger partial charge < -0.3 is 15.4 Å². The highest BCUT2D eigenvalue weighted by molar-refractivity contribution is 8.01. The third-order valence-corrected chi connectivity index (χ3v) is 5.83. The lowest BCUT2D eigenvalue weighted by molar-refractivity contribution is -0.384. The van der Waals surface area contributed by atoms with E-state index in [1.807, 2.05) is 13.8 Å². The van der Waals surface area contributed by atoms with E-state index in [0.29, 0.717) is 5.56 Å². The Morgan fingerprint density at radius 1 is 1.42 bits per heavy atom. The molecule has 2 N–H and O–H groups in total. The van der Waals surface area contributed by atoms with Crippen LogP contribution in [0.5, 0.6) is 0 Å². The maximum Gasteiger partial charge on any atom is 0.330 e. The molecule has 3 atom stereocenters. The number of nitrogens with two attached hydrogens (primary N) is 1. The van der Waals surface area contributed by atoms with Gasteiger partial charge in [-0.05, 0) is 31.5 Å². The Balaban J connectivity index is 1.66. The van der Waals surface area contributed by atoms with Crippen molar-refractivity contribution in [1.82, 2.24) is 4.90 Å². The number of nitro groups is 1. The topological polar surface area (TPSA) is 116 Å². The molecule has 2 saturated heterocycles. The van der Waals surface area contributed by atoms with Crippen LogP contribution in [0.4, 0.5) is 5.69 Å². The van der Waals surface area contributed by atoms with Crippen LogP contribution >= 0.6 is 11.8 Å². The van der Waals surface area contributed by atoms with Crippen LogP contribution in [0.2, 0.25) is 0 Å². The van der Waals surface area contributed by atoms with Crippen LogP contribution in [0.25, 0.3) is 0 Å². The van der Waals surface area contributed by atoms with Crippen LogP contribution in [-0.2, 0) is 20.9 Å². The molecule has 3 rings (SSSR count). The van der Waals surface area contributed by atoms with E-state index >= 15 is 0 Å². The predicted molar refractivity (Wildman–Crippen MR) is 87.0 cm³/mol. The summed E-state index contributed by atoms with van der Waals surface area (Å²) >= 11 is 1.50. The molecular formula is C15H17N3O5S. The van der Waals surface area contributed by atoms with E-state index in [1.54, 1.807) is 0 Å². The molecule has 0 bridgehead atoms. The number of hydrogen-bond donors (Lipinski definition) is 1. The maximum atomic E-state index is 12.5. The van der Waals surface area contributed by atoms with Gasteiger partial charge >= 0.3 is 5.97 Å². The number of esters is 1. The van der Waals surface area contributed by atoms with Gasteiger partial charge in [0.2, 0.25) is 5.91 Å². The van der Waals surface area contributed by atoms with Gasteiger partial charge in [-0.15, -0.1) is 11.8 Å². The molecule has 128 valence electrons. The summed E-state index contributed by atoms with van der Waals surface area (Å²) < 4.78 is 4.84. The lowest BCUT2D eigenvalue weighted by Gasteiger charge is -2.41. The lowest BCUT2D eigenvalue weighted by atomic mass is 9.96. The Hall–Kier alpha value is -2.13. The van der Waals surface area contributed by atoms with E-state index in [2.05, 4.69) is 0 Å². The number of carbonyl (C=O) groups excluding carboxylic acids is 2. The highest BCUT2D eigenvalue weighted by atomic mass is 32.2. The first-order chi connectivity index (χ1) is 11.2. The van der Waals surface area contributed by atoms with E-state index in [9.17, 15) is 19.7 Å². The summed E-state index contributed by atoms with van der Waals surface area (Å²) in [5.41, 5.74) is 6.39. The first-order valence-electron chi connectivity index (χ1n) is 7.38. The predicted octanol–water partition coefficient (Wildman–Crippen LogP) is 1.03. The van der Waals surface area contributed by atoms with Crippen molar-refractivity contribution in [1.29, 1.82) is 0 Å². The summed E-state index contributed by atoms with van der Waals surface area (Å²) in [7, 11) is 0. The zero-order chi connectivity index (χ0) is 17.6. The Morgan fingerprint density at radius 3 is 2.62 bits per heavy atom. The molecule has 0 aromatic heterocycles. The third kappa shape index (κ3) is 2.63. The fraction of sp³-hybridized carbons (Fsp3) is 0.467. The quantitative estimate of drug-likeness (QED) is 0.373. The van der Waals surface area contributed by atoms with Gasteiger partial charge in [-0.25, -0.2) is 4.79 Å². The zero-order valence-corrected chi connectivity index (χ0v) is 14.0. The average Bonchev–Trinajstić information content (AvgIpc) is 2.81. The molecule has 0 saturated carbocycles. The second-order valence-corrected chi connectivity index (χ2v) is 8.09. The van der Waals surface area contributed by atoms with Gasteiger partial charge in [0.1, 0.15) is 24.1 Å². The van der Waals surface area contributed by atoms with E-state index in [0.717, 1.165) is 0 Å². The summed E-state index contributed by atoms with van der Waals surface area (Å²) in [6.45, 7) is 3.76. The molecule has 8 nitrogen and oxygen atoms in total. The number of nitrogens with zero attached hydrogens (tertiary/aromatic N) is 2. The van der Waals surface area contributed by atoms with Crippen molar-refractivity contribution in [2.45, 2.75) is 42.7 Å². The number of thioether (sulfide) groups is 1. The number of rotatable bonds is 4. The van der Waals surface area contributed by atoms with E-state index in [4.69, 9.17) is 10.5 Å². The maximum absolute atomic E-state index is 12.5. The zero-order valence-electron chi connectivity index (χ0n) is 13.2. The molecule has 24 heavy (non-hydrogen) atoms. The molecule has 2 aliphatic rings. The van der Waals surface area contributed by atoms with Crippen molar-refractivity contribution >= 4 is 29.3 Å². The average molecular weight is 351 g/mol. The van der Waals surface area contributed by atoms with Crippen LogP contribution in [0, 0.1) is 10.1 Å². The number of benzene rings is 1. The van der Waals surface area contributed by atoms with Crippen molar-refractivity contribution in [2.24, 2.45) is 5.73 Å². The number of β-lactam (4-membered cyclic amide) rings is 1. The van der Waals surface area contributed by atoms with Gasteiger partial charge in [-0.2, -0.15) is 0 Å². The minimum absolute atomic E-state index is 0.00712. The van der Waals surface area contributed by atoms with Crippen LogP contribution in [-0.4, -0.2) is 43.9 Å². The molecule has 1 aromatic carbocycles. The molecule has 1 unspecified atom stereocenters. The Kier molecular flexibility index (Phi) is 4.00. The normalized spacial score (nSPS) is 27.4. The van der Waals surface area contributed by atoms with Crippen LogP contribution in [0.3, 0.4) is 0 Å². The minimum Gasteiger partial charge on any atom is -0.459 e. The summed E-state index contributed by atoms with van der Waals surface area (Å²) in [6.07, 6.45) is 0. The van der Waals surface area contributed by atoms with Crippen LogP contribution in [0.1, 0.15) is 19.4 Å². The van der Waals surface area contributed by atoms with Gasteiger partial charge in [-0.1, -0.05) is 0 Å². The fourth-order valence-electron chi connectivity index (χ4n) is 2.97. The highest BCUT2D eigenvalue weighted by Gasteiger charge is 2.63. The van der Waals surface area contributed by atoms with Gasteiger partial charge in [0.25, 0.3) is 5.69 Å². The smallest absolute Gasteiger partial charge is 0.330 e. The largest absolute Gasteiger partial charge is 0.459 e. The second-order valence-electron chi connectivity index (χ2n) is 6.32. The van der Waals surface area contributed by atoms with Crippen molar-refractivity contribution in [2.75, 3.05) is 0 Å². The van der Waals surface area contributed by atoms with Crippen LogP contribution < -0.4 is 5.73 Å². The molecular weight excluding hydrogens is 334 g/mol. The van der Waals surface area contributed by atoms with Crippen LogP contribution in [0.15, 0.2) is 24.3 Å². The first kappa shape index (κ1) is 16.7. The molecule has 0 spiro atoms. The Labute approximate surface area is 142 Å². The number of hydrogen-bond acceptors (Lipinski definition) is 7. The highest BCUT2D eigenvalue weighted by Crippen LogP contribution is 2.50. The molecule has 1 amide bonds. The summed E-state index contributed by atoms with van der Waals surface area (Å²) in [4.78, 5) is 36.0. The summed E-state index contributed by atoms with van der Waals surface area (Å²) in [5, 5.41) is 10.4. The SMILES string of the molecule is CC1(C)S[C@@H]2C(N)C(=O)N2[C@H]1C(=O)OCc1ccc([N+](=O)[O-])cc1. The first-order valence-corrected chi connectivity index (χ1v) is 8.26. The number of nitro benzene ring substituents is 1. The fourth-order valence-corrected chi connectivity index (χ4v) is 4.53. The van der Waals surface area contributed by atoms with Crippen molar-refractivity contribution < 1.29 is 19.2 Å². The Bertz CT molecular complexity index is 706. The van der Waals surface area contributed by atoms with E-state index < -0.39 is 27.7 Å². The van der Waals surface area contributed by atoms with E-state index in [-0.39, 0.29) is 23.6 Å². The molecule has 2 aliphatic heterocycles. The van der Waals surface area contributed by atoms with Gasteiger partial charge in [-0.3, -0.25) is 14.9 Å². The van der Waals surface area contributed by atoms with Gasteiger partial charge in [0.05, 0.1) is 4.92 Å². The molecule has 2 fully saturated rings. The summed E-state index contributed by atoms with van der Waals surface area (Å²) in [5.74, 6) is -0.732. The van der Waals surface area contributed by atoms with Crippen molar-refractivity contribution in [3.8, 4) is 0 Å². The van der Waals surface area contributed by atoms with Crippen molar-refractivity contribution in [3.63, 3.8) is 0 Å². The number of amides is 1. The monoisotopic (exact) mass is 351 g/mol. The molecule has 9 heteroatoms. The van der Waals surface area contributed by atoms with E-state index in [1.165, 1.54) is 40.9 Å². The lowest BCUT2D eigenvalue weighted by Crippen LogP contribution is -2.68. The summed E-state index contributed by atoms with van der Waals surface area (Å²) in [6, 6.07) is 4.53. The third-order valence-electron chi connectivity index (χ3n) is 4.23. The Morgan fingerprint density at radius 2 is 2.04 bits per heavy atom. The standard InChI is InChI=1S/C15H17N3O5S/c1-15(2)11(17-12(19)10(16)13(17)24-15)14(20)23-7-8-3-5-9(6-4-8)18(21)22/h3-6,10-11,13H,7,16H2,1-2H3/t10?,11-,13+/m0/s1. The number of non-ortho nitro benzene ring substituents is 1. The number of fused-ring (bicyclic) bond motifs is 1. The van der Waals surface area contributed by atoms with Gasteiger partial charge in [0.15, 0.2) is 0 Å². The molecule has 1 aromatic rings. The molecule has 2 heterocycles. The second kappa shape index (κ2) is 5.75. The molecule has 0 aliphatic carbocycles. The molecule has 0 radical (unpaired) electrons. The van der Waals surface area contributed by atoms with Gasteiger partial charge in [0, 0.05) is 16.9 Å². The van der Waals surface area contributed by atoms with Crippen molar-refractivity contribution in [3.05, 3.63) is 39.9 Å². The minimum atomic E-state index is -0.683.